The summed E-state index contributed by atoms with van der Waals surface area (Å²) in [5, 5.41) is 0. The van der Waals surface area contributed by atoms with E-state index in [9.17, 15) is 13.2 Å². The standard InChI is InChI=1S/C22H18N2O6S/c25-22(29-15-21-23-14-20(30-21)16-5-2-1-3-6-16)17-8-10-19(11-9-17)31(26,27)24-13-18-7-4-12-28-18/h1-12,14,24H,13,15H2. The van der Waals surface area contributed by atoms with Crippen molar-refractivity contribution in [3.8, 4) is 11.3 Å². The summed E-state index contributed by atoms with van der Waals surface area (Å²) in [5.41, 5.74) is 1.07. The van der Waals surface area contributed by atoms with E-state index in [1.807, 2.05) is 30.3 Å². The molecule has 158 valence electrons. The molecule has 1 N–H and O–H groups in total. The molecule has 0 aliphatic rings. The van der Waals surface area contributed by atoms with Crippen LogP contribution in [0, 0.1) is 0 Å². The van der Waals surface area contributed by atoms with Crippen molar-refractivity contribution in [1.82, 2.24) is 9.71 Å². The number of carbonyl (C=O) groups excluding carboxylic acids is 1. The molecule has 8 nitrogen and oxygen atoms in total. The normalized spacial score (nSPS) is 11.4. The second kappa shape index (κ2) is 8.99. The van der Waals surface area contributed by atoms with Gasteiger partial charge in [0, 0.05) is 5.56 Å². The van der Waals surface area contributed by atoms with Gasteiger partial charge in [0.15, 0.2) is 12.4 Å². The summed E-state index contributed by atoms with van der Waals surface area (Å²) >= 11 is 0. The van der Waals surface area contributed by atoms with Gasteiger partial charge in [0.25, 0.3) is 0 Å². The Bertz CT molecular complexity index is 1250. The van der Waals surface area contributed by atoms with Gasteiger partial charge in [-0.2, -0.15) is 0 Å². The van der Waals surface area contributed by atoms with Crippen molar-refractivity contribution < 1.29 is 26.8 Å². The lowest BCUT2D eigenvalue weighted by molar-refractivity contribution is 0.0439. The summed E-state index contributed by atoms with van der Waals surface area (Å²) in [7, 11) is -3.74. The fourth-order valence-electron chi connectivity index (χ4n) is 2.76. The average Bonchev–Trinajstić information content (AvgIpc) is 3.49. The SMILES string of the molecule is O=C(OCc1ncc(-c2ccccc2)o1)c1ccc(S(=O)(=O)NCc2ccco2)cc1. The number of nitrogens with zero attached hydrogens (tertiary/aromatic N) is 1. The fourth-order valence-corrected chi connectivity index (χ4v) is 3.75. The molecule has 2 aromatic heterocycles. The number of rotatable bonds is 8. The summed E-state index contributed by atoms with van der Waals surface area (Å²) in [5.74, 6) is 0.703. The van der Waals surface area contributed by atoms with E-state index >= 15 is 0 Å². The van der Waals surface area contributed by atoms with Crippen LogP contribution in [-0.2, 0) is 27.9 Å². The summed E-state index contributed by atoms with van der Waals surface area (Å²) in [4.78, 5) is 16.4. The molecule has 0 bridgehead atoms. The third-order valence-electron chi connectivity index (χ3n) is 4.36. The smallest absolute Gasteiger partial charge is 0.338 e. The number of hydrogen-bond acceptors (Lipinski definition) is 7. The molecule has 2 aromatic carbocycles. The van der Waals surface area contributed by atoms with E-state index in [-0.39, 0.29) is 29.5 Å². The van der Waals surface area contributed by atoms with Crippen LogP contribution in [-0.4, -0.2) is 19.4 Å². The maximum atomic E-state index is 12.3. The van der Waals surface area contributed by atoms with E-state index in [0.29, 0.717) is 11.5 Å². The van der Waals surface area contributed by atoms with E-state index in [1.54, 1.807) is 18.3 Å². The first-order valence-electron chi connectivity index (χ1n) is 9.31. The second-order valence-corrected chi connectivity index (χ2v) is 8.26. The van der Waals surface area contributed by atoms with E-state index in [4.69, 9.17) is 13.6 Å². The first kappa shape index (κ1) is 20.6. The highest BCUT2D eigenvalue weighted by molar-refractivity contribution is 7.89. The van der Waals surface area contributed by atoms with Gasteiger partial charge >= 0.3 is 5.97 Å². The van der Waals surface area contributed by atoms with Gasteiger partial charge in [0.1, 0.15) is 5.76 Å². The third-order valence-corrected chi connectivity index (χ3v) is 5.77. The van der Waals surface area contributed by atoms with Crippen molar-refractivity contribution in [2.75, 3.05) is 0 Å². The number of carbonyl (C=O) groups is 1. The van der Waals surface area contributed by atoms with Gasteiger partial charge in [-0.1, -0.05) is 30.3 Å². The van der Waals surface area contributed by atoms with Crippen molar-refractivity contribution in [3.05, 3.63) is 96.4 Å². The minimum absolute atomic E-state index is 0.0239. The first-order chi connectivity index (χ1) is 15.0. The lowest BCUT2D eigenvalue weighted by Crippen LogP contribution is -2.23. The van der Waals surface area contributed by atoms with Crippen LogP contribution in [0.2, 0.25) is 0 Å². The number of sulfonamides is 1. The minimum atomic E-state index is -3.74. The van der Waals surface area contributed by atoms with Gasteiger partial charge in [-0.3, -0.25) is 0 Å². The number of nitrogens with one attached hydrogen (secondary N) is 1. The Kier molecular flexibility index (Phi) is 5.96. The average molecular weight is 438 g/mol. The highest BCUT2D eigenvalue weighted by Gasteiger charge is 2.16. The molecule has 0 saturated carbocycles. The molecule has 0 radical (unpaired) electrons. The van der Waals surface area contributed by atoms with Crippen LogP contribution in [0.4, 0.5) is 0 Å². The molecule has 0 unspecified atom stereocenters. The summed E-state index contributed by atoms with van der Waals surface area (Å²) in [6, 6.07) is 18.2. The molecular formula is C22H18N2O6S. The number of benzene rings is 2. The number of oxazole rings is 1. The minimum Gasteiger partial charge on any atom is -0.468 e. The molecule has 31 heavy (non-hydrogen) atoms. The van der Waals surface area contributed by atoms with Crippen molar-refractivity contribution in [1.29, 1.82) is 0 Å². The van der Waals surface area contributed by atoms with Crippen LogP contribution in [0.1, 0.15) is 22.0 Å². The zero-order chi connectivity index (χ0) is 21.7. The molecule has 4 rings (SSSR count). The Morgan fingerprint density at radius 3 is 2.48 bits per heavy atom. The molecular weight excluding hydrogens is 420 g/mol. The molecule has 0 saturated heterocycles. The van der Waals surface area contributed by atoms with Crippen LogP contribution in [0.25, 0.3) is 11.3 Å². The summed E-state index contributed by atoms with van der Waals surface area (Å²) in [6.45, 7) is -0.114. The Balaban J connectivity index is 1.34. The highest BCUT2D eigenvalue weighted by atomic mass is 32.2. The monoisotopic (exact) mass is 438 g/mol. The summed E-state index contributed by atoms with van der Waals surface area (Å²) < 4.78 is 43.0. The second-order valence-electron chi connectivity index (χ2n) is 6.49. The number of hydrogen-bond donors (Lipinski definition) is 1. The van der Waals surface area contributed by atoms with Crippen molar-refractivity contribution in [3.63, 3.8) is 0 Å². The van der Waals surface area contributed by atoms with Gasteiger partial charge in [0.2, 0.25) is 15.9 Å². The van der Waals surface area contributed by atoms with Crippen LogP contribution in [0.5, 0.6) is 0 Å². The van der Waals surface area contributed by atoms with Gasteiger partial charge in [-0.05, 0) is 36.4 Å². The van der Waals surface area contributed by atoms with Crippen LogP contribution in [0.15, 0.2) is 92.9 Å². The predicted octanol–water partition coefficient (Wildman–Crippen LogP) is 3.77. The molecule has 0 amide bonds. The number of ether oxygens (including phenoxy) is 1. The van der Waals surface area contributed by atoms with Gasteiger partial charge < -0.3 is 13.6 Å². The zero-order valence-electron chi connectivity index (χ0n) is 16.2. The van der Waals surface area contributed by atoms with E-state index in [0.717, 1.165) is 5.56 Å². The Morgan fingerprint density at radius 1 is 1.00 bits per heavy atom. The molecule has 9 heteroatoms. The molecule has 0 aliphatic heterocycles. The highest BCUT2D eigenvalue weighted by Crippen LogP contribution is 2.20. The van der Waals surface area contributed by atoms with Gasteiger partial charge in [0.05, 0.1) is 29.5 Å². The molecule has 0 spiro atoms. The fraction of sp³-hybridized carbons (Fsp3) is 0.0909. The van der Waals surface area contributed by atoms with Crippen LogP contribution >= 0.6 is 0 Å². The molecule has 0 aliphatic carbocycles. The van der Waals surface area contributed by atoms with Crippen molar-refractivity contribution in [2.45, 2.75) is 18.0 Å². The van der Waals surface area contributed by atoms with Gasteiger partial charge in [-0.25, -0.2) is 22.9 Å². The van der Waals surface area contributed by atoms with E-state index < -0.39 is 16.0 Å². The molecule has 2 heterocycles. The first-order valence-corrected chi connectivity index (χ1v) is 10.8. The molecule has 0 atom stereocenters. The van der Waals surface area contributed by atoms with Crippen LogP contribution < -0.4 is 4.72 Å². The predicted molar refractivity (Wildman–Crippen MR) is 110 cm³/mol. The molecule has 0 fully saturated rings. The van der Waals surface area contributed by atoms with Crippen molar-refractivity contribution >= 4 is 16.0 Å². The third kappa shape index (κ3) is 5.08. The Hall–Kier alpha value is -3.69. The Labute approximate surface area is 178 Å². The maximum Gasteiger partial charge on any atom is 0.338 e. The number of esters is 1. The van der Waals surface area contributed by atoms with Crippen LogP contribution in [0.3, 0.4) is 0 Å². The van der Waals surface area contributed by atoms with E-state index in [1.165, 1.54) is 30.5 Å². The lowest BCUT2D eigenvalue weighted by Gasteiger charge is -2.07. The number of aromatic nitrogens is 1. The number of furan rings is 1. The maximum absolute atomic E-state index is 12.3. The largest absolute Gasteiger partial charge is 0.468 e. The zero-order valence-corrected chi connectivity index (χ0v) is 17.0. The van der Waals surface area contributed by atoms with Crippen molar-refractivity contribution in [2.24, 2.45) is 0 Å². The van der Waals surface area contributed by atoms with E-state index in [2.05, 4.69) is 9.71 Å². The summed E-state index contributed by atoms with van der Waals surface area (Å²) in [6.07, 6.45) is 3.03. The molecule has 4 aromatic rings. The topological polar surface area (TPSA) is 112 Å². The van der Waals surface area contributed by atoms with Gasteiger partial charge in [-0.15, -0.1) is 0 Å². The lowest BCUT2D eigenvalue weighted by atomic mass is 10.2. The Morgan fingerprint density at radius 2 is 1.77 bits per heavy atom. The quantitative estimate of drug-likeness (QED) is 0.417.